The van der Waals surface area contributed by atoms with Crippen LogP contribution in [0.1, 0.15) is 26.2 Å². The molecule has 0 amide bonds. The third-order valence-corrected chi connectivity index (χ3v) is 3.14. The fourth-order valence-corrected chi connectivity index (χ4v) is 2.38. The molecule has 0 radical (unpaired) electrons. The Morgan fingerprint density at radius 1 is 1.69 bits per heavy atom. The van der Waals surface area contributed by atoms with Crippen molar-refractivity contribution in [1.29, 1.82) is 0 Å². The summed E-state index contributed by atoms with van der Waals surface area (Å²) in [4.78, 5) is 10.4. The van der Waals surface area contributed by atoms with Crippen LogP contribution in [0.4, 0.5) is 0 Å². The first kappa shape index (κ1) is 8.54. The lowest BCUT2D eigenvalue weighted by Gasteiger charge is -2.33. The lowest BCUT2D eigenvalue weighted by Crippen LogP contribution is -2.24. The molecule has 0 heterocycles. The molecule has 0 unspecified atom stereocenters. The van der Waals surface area contributed by atoms with Crippen molar-refractivity contribution in [2.45, 2.75) is 26.2 Å². The molecule has 0 bridgehead atoms. The second-order valence-electron chi connectivity index (χ2n) is 3.93. The fraction of sp³-hybridized carbons (Fsp3) is 0.545. The second kappa shape index (κ2) is 3.02. The van der Waals surface area contributed by atoms with E-state index in [4.69, 9.17) is 5.11 Å². The molecular formula is C11H14O2. The highest BCUT2D eigenvalue weighted by atomic mass is 16.4. The van der Waals surface area contributed by atoms with E-state index in [9.17, 15) is 4.79 Å². The molecule has 13 heavy (non-hydrogen) atoms. The van der Waals surface area contributed by atoms with Crippen LogP contribution in [0.2, 0.25) is 0 Å². The molecule has 1 saturated carbocycles. The fourth-order valence-electron chi connectivity index (χ4n) is 2.38. The number of allylic oxidation sites excluding steroid dienone is 3. The lowest BCUT2D eigenvalue weighted by atomic mass is 9.71. The minimum Gasteiger partial charge on any atom is -0.478 e. The van der Waals surface area contributed by atoms with Crippen molar-refractivity contribution in [3.63, 3.8) is 0 Å². The first-order chi connectivity index (χ1) is 6.20. The van der Waals surface area contributed by atoms with Gasteiger partial charge in [0.05, 0.1) is 0 Å². The van der Waals surface area contributed by atoms with Crippen LogP contribution in [0.15, 0.2) is 23.3 Å². The van der Waals surface area contributed by atoms with Crippen LogP contribution in [-0.4, -0.2) is 11.1 Å². The maximum atomic E-state index is 10.4. The molecular weight excluding hydrogens is 164 g/mol. The van der Waals surface area contributed by atoms with E-state index in [0.717, 1.165) is 24.3 Å². The summed E-state index contributed by atoms with van der Waals surface area (Å²) in [5.41, 5.74) is 2.62. The highest BCUT2D eigenvalue weighted by Crippen LogP contribution is 2.49. The smallest absolute Gasteiger partial charge is 0.328 e. The van der Waals surface area contributed by atoms with Crippen LogP contribution in [0, 0.1) is 11.8 Å². The van der Waals surface area contributed by atoms with Gasteiger partial charge in [0.1, 0.15) is 0 Å². The first-order valence-electron chi connectivity index (χ1n) is 4.83. The number of hydrogen-bond acceptors (Lipinski definition) is 1. The summed E-state index contributed by atoms with van der Waals surface area (Å²) in [5.74, 6) is 0.387. The normalized spacial score (nSPS) is 33.9. The van der Waals surface area contributed by atoms with E-state index >= 15 is 0 Å². The maximum absolute atomic E-state index is 10.4. The Morgan fingerprint density at radius 3 is 3.08 bits per heavy atom. The van der Waals surface area contributed by atoms with Gasteiger partial charge in [-0.3, -0.25) is 0 Å². The van der Waals surface area contributed by atoms with Gasteiger partial charge in [0.2, 0.25) is 0 Å². The second-order valence-corrected chi connectivity index (χ2v) is 3.93. The van der Waals surface area contributed by atoms with Gasteiger partial charge < -0.3 is 5.11 Å². The van der Waals surface area contributed by atoms with E-state index in [-0.39, 0.29) is 0 Å². The maximum Gasteiger partial charge on any atom is 0.328 e. The molecule has 0 aromatic carbocycles. The van der Waals surface area contributed by atoms with Gasteiger partial charge in [-0.1, -0.05) is 24.1 Å². The monoisotopic (exact) mass is 178 g/mol. The molecule has 2 nitrogen and oxygen atoms in total. The van der Waals surface area contributed by atoms with Gasteiger partial charge in [0.15, 0.2) is 0 Å². The van der Waals surface area contributed by atoms with Gasteiger partial charge in [-0.05, 0) is 25.2 Å². The molecule has 0 saturated heterocycles. The average molecular weight is 178 g/mol. The average Bonchev–Trinajstić information content (AvgIpc) is 2.38. The molecule has 2 heteroatoms. The summed E-state index contributed by atoms with van der Waals surface area (Å²) in [6.45, 7) is 2.16. The Labute approximate surface area is 78.0 Å². The van der Waals surface area contributed by atoms with Crippen molar-refractivity contribution < 1.29 is 9.90 Å². The van der Waals surface area contributed by atoms with Crippen LogP contribution in [-0.2, 0) is 4.79 Å². The molecule has 2 aliphatic carbocycles. The third kappa shape index (κ3) is 1.41. The summed E-state index contributed by atoms with van der Waals surface area (Å²) in [5, 5.41) is 8.59. The topological polar surface area (TPSA) is 37.3 Å². The van der Waals surface area contributed by atoms with Crippen molar-refractivity contribution in [1.82, 2.24) is 0 Å². The Kier molecular flexibility index (Phi) is 1.98. The predicted molar refractivity (Wildman–Crippen MR) is 50.3 cm³/mol. The Balaban J connectivity index is 2.09. The summed E-state index contributed by atoms with van der Waals surface area (Å²) in [6, 6.07) is 0. The Bertz CT molecular complexity index is 299. The molecule has 2 rings (SSSR count). The van der Waals surface area contributed by atoms with Crippen LogP contribution in [0.25, 0.3) is 0 Å². The number of carboxylic acid groups (broad SMARTS) is 1. The molecule has 70 valence electrons. The summed E-state index contributed by atoms with van der Waals surface area (Å²) >= 11 is 0. The zero-order valence-corrected chi connectivity index (χ0v) is 7.79. The highest BCUT2D eigenvalue weighted by molar-refractivity contribution is 5.81. The molecule has 0 aromatic rings. The lowest BCUT2D eigenvalue weighted by molar-refractivity contribution is -0.131. The number of carboxylic acids is 1. The van der Waals surface area contributed by atoms with Crippen LogP contribution in [0.5, 0.6) is 0 Å². The van der Waals surface area contributed by atoms with E-state index in [1.807, 2.05) is 0 Å². The van der Waals surface area contributed by atoms with E-state index < -0.39 is 5.97 Å². The van der Waals surface area contributed by atoms with Crippen molar-refractivity contribution in [3.8, 4) is 0 Å². The van der Waals surface area contributed by atoms with Gasteiger partial charge in [-0.25, -0.2) is 4.79 Å². The van der Waals surface area contributed by atoms with Gasteiger partial charge in [0.25, 0.3) is 0 Å². The molecule has 0 aromatic heterocycles. The van der Waals surface area contributed by atoms with E-state index in [1.165, 1.54) is 18.1 Å². The molecule has 2 aliphatic rings. The summed E-state index contributed by atoms with van der Waals surface area (Å²) in [6.07, 6.45) is 6.96. The SMILES string of the molecule is CCC1=C[C@@H]2/C(=C\C(=O)O)C[C@@H]2C1. The zero-order valence-electron chi connectivity index (χ0n) is 7.79. The van der Waals surface area contributed by atoms with Gasteiger partial charge >= 0.3 is 5.97 Å². The number of fused-ring (bicyclic) bond motifs is 1. The van der Waals surface area contributed by atoms with Crippen LogP contribution in [0.3, 0.4) is 0 Å². The number of aliphatic carboxylic acids is 1. The third-order valence-electron chi connectivity index (χ3n) is 3.14. The van der Waals surface area contributed by atoms with E-state index in [2.05, 4.69) is 13.0 Å². The minimum atomic E-state index is -0.799. The van der Waals surface area contributed by atoms with Gasteiger partial charge in [-0.15, -0.1) is 0 Å². The Hall–Kier alpha value is -1.05. The van der Waals surface area contributed by atoms with Crippen molar-refractivity contribution in [2.75, 3.05) is 0 Å². The van der Waals surface area contributed by atoms with Gasteiger partial charge in [-0.2, -0.15) is 0 Å². The largest absolute Gasteiger partial charge is 0.478 e. The molecule has 2 atom stereocenters. The van der Waals surface area contributed by atoms with E-state index in [0.29, 0.717) is 5.92 Å². The predicted octanol–water partition coefficient (Wildman–Crippen LogP) is 2.37. The quantitative estimate of drug-likeness (QED) is 0.520. The van der Waals surface area contributed by atoms with Crippen molar-refractivity contribution in [3.05, 3.63) is 23.3 Å². The standard InChI is InChI=1S/C11H14O2/c1-2-7-3-8-5-9(6-11(12)13)10(8)4-7/h4,6,8,10H,2-3,5H2,1H3,(H,12,13)/b9-6-/t8-,10-/m0/s1. The molecule has 0 aliphatic heterocycles. The van der Waals surface area contributed by atoms with Crippen LogP contribution >= 0.6 is 0 Å². The number of hydrogen-bond donors (Lipinski definition) is 1. The van der Waals surface area contributed by atoms with Crippen LogP contribution < -0.4 is 0 Å². The Morgan fingerprint density at radius 2 is 2.46 bits per heavy atom. The zero-order chi connectivity index (χ0) is 9.42. The van der Waals surface area contributed by atoms with Crippen molar-refractivity contribution >= 4 is 5.97 Å². The summed E-state index contributed by atoms with van der Waals surface area (Å²) < 4.78 is 0. The molecule has 1 N–H and O–H groups in total. The van der Waals surface area contributed by atoms with Gasteiger partial charge in [0, 0.05) is 12.0 Å². The highest BCUT2D eigenvalue weighted by Gasteiger charge is 2.38. The number of rotatable bonds is 2. The van der Waals surface area contributed by atoms with E-state index in [1.54, 1.807) is 0 Å². The minimum absolute atomic E-state index is 0.464. The number of carbonyl (C=O) groups is 1. The molecule has 0 spiro atoms. The van der Waals surface area contributed by atoms with Crippen molar-refractivity contribution in [2.24, 2.45) is 11.8 Å². The summed E-state index contributed by atoms with van der Waals surface area (Å²) in [7, 11) is 0. The first-order valence-corrected chi connectivity index (χ1v) is 4.83. The molecule has 1 fully saturated rings.